The molecule has 0 aliphatic rings. The van der Waals surface area contributed by atoms with Gasteiger partial charge in [-0.05, 0) is 50.0 Å². The maximum Gasteiger partial charge on any atom is 0.416 e. The van der Waals surface area contributed by atoms with Crippen molar-refractivity contribution in [2.45, 2.75) is 12.7 Å². The van der Waals surface area contributed by atoms with Crippen LogP contribution >= 0.6 is 0 Å². The Morgan fingerprint density at radius 3 is 2.39 bits per heavy atom. The summed E-state index contributed by atoms with van der Waals surface area (Å²) in [6.07, 6.45) is -3.14. The van der Waals surface area contributed by atoms with Crippen molar-refractivity contribution in [1.82, 2.24) is 19.6 Å². The lowest BCUT2D eigenvalue weighted by molar-refractivity contribution is -0.137. The molecule has 1 heterocycles. The maximum atomic E-state index is 13.4. The molecule has 0 bridgehead atoms. The highest BCUT2D eigenvalue weighted by Gasteiger charge is 2.31. The predicted molar refractivity (Wildman–Crippen MR) is 115 cm³/mol. The van der Waals surface area contributed by atoms with Gasteiger partial charge >= 0.3 is 6.18 Å². The van der Waals surface area contributed by atoms with Gasteiger partial charge in [-0.15, -0.1) is 0 Å². The lowest BCUT2D eigenvalue weighted by atomic mass is 10.2. The summed E-state index contributed by atoms with van der Waals surface area (Å²) < 4.78 is 59.1. The van der Waals surface area contributed by atoms with Gasteiger partial charge in [0.2, 0.25) is 0 Å². The fraction of sp³-hybridized carbons (Fsp3) is 0.304. The van der Waals surface area contributed by atoms with Gasteiger partial charge in [-0.1, -0.05) is 18.2 Å². The molecule has 33 heavy (non-hydrogen) atoms. The first-order valence-electron chi connectivity index (χ1n) is 10.1. The predicted octanol–water partition coefficient (Wildman–Crippen LogP) is 4.24. The smallest absolute Gasteiger partial charge is 0.416 e. The normalized spacial score (nSPS) is 11.6. The van der Waals surface area contributed by atoms with Gasteiger partial charge in [-0.2, -0.15) is 18.3 Å². The van der Waals surface area contributed by atoms with Crippen LogP contribution in [0.3, 0.4) is 0 Å². The molecule has 0 fully saturated rings. The summed E-state index contributed by atoms with van der Waals surface area (Å²) in [4.78, 5) is 16.8. The van der Waals surface area contributed by atoms with Gasteiger partial charge in [0.1, 0.15) is 5.82 Å². The number of hydrogen-bond acceptors (Lipinski definition) is 4. The van der Waals surface area contributed by atoms with Gasteiger partial charge in [0.15, 0.2) is 11.4 Å². The molecule has 0 unspecified atom stereocenters. The Morgan fingerprint density at radius 2 is 1.79 bits per heavy atom. The monoisotopic (exact) mass is 464 g/mol. The average molecular weight is 464 g/mol. The Hall–Kier alpha value is -3.40. The Bertz CT molecular complexity index is 1090. The van der Waals surface area contributed by atoms with Crippen molar-refractivity contribution in [1.29, 1.82) is 0 Å². The Balaban J connectivity index is 1.94. The molecule has 3 rings (SSSR count). The van der Waals surface area contributed by atoms with E-state index in [9.17, 15) is 22.4 Å². The molecule has 0 atom stereocenters. The van der Waals surface area contributed by atoms with E-state index in [0.717, 1.165) is 17.7 Å². The second kappa shape index (κ2) is 10.0. The number of hydrogen-bond donors (Lipinski definition) is 0. The highest BCUT2D eigenvalue weighted by molar-refractivity contribution is 5.95. The van der Waals surface area contributed by atoms with Gasteiger partial charge in [0, 0.05) is 19.6 Å². The number of ether oxygens (including phenoxy) is 1. The van der Waals surface area contributed by atoms with Crippen molar-refractivity contribution in [3.8, 4) is 11.4 Å². The number of carbonyl (C=O) groups excluding carboxylic acids is 1. The summed E-state index contributed by atoms with van der Waals surface area (Å²) in [6.45, 7) is 1.11. The third-order valence-corrected chi connectivity index (χ3v) is 4.93. The lowest BCUT2D eigenvalue weighted by Crippen LogP contribution is -2.36. The molecule has 0 aliphatic heterocycles. The van der Waals surface area contributed by atoms with Crippen LogP contribution < -0.4 is 4.74 Å². The van der Waals surface area contributed by atoms with E-state index < -0.39 is 17.6 Å². The van der Waals surface area contributed by atoms with Crippen LogP contribution in [0.1, 0.15) is 21.6 Å². The minimum absolute atomic E-state index is 0.0317. The van der Waals surface area contributed by atoms with Crippen molar-refractivity contribution in [3.05, 3.63) is 77.4 Å². The third kappa shape index (κ3) is 6.10. The third-order valence-electron chi connectivity index (χ3n) is 4.93. The minimum Gasteiger partial charge on any atom is -0.493 e. The number of likely N-dealkylation sites (N-methyl/N-ethyl adjacent to an activating group) is 1. The van der Waals surface area contributed by atoms with Crippen LogP contribution in [0.4, 0.5) is 17.6 Å². The van der Waals surface area contributed by atoms with Gasteiger partial charge in [-0.25, -0.2) is 9.07 Å². The molecule has 0 radical (unpaired) electrons. The fourth-order valence-electron chi connectivity index (χ4n) is 3.15. The standard InChI is InChI=1S/C23H24F4N4O2/c1-29(2)11-12-30(14-16-7-9-18(24)10-8-16)22(32)21-20(33-3)15-31(28-21)19-6-4-5-17(13-19)23(25,26)27/h4-10,13,15H,11-12,14H2,1-3H3. The summed E-state index contributed by atoms with van der Waals surface area (Å²) in [6, 6.07) is 10.4. The summed E-state index contributed by atoms with van der Waals surface area (Å²) in [5.41, 5.74) is 0.00220. The van der Waals surface area contributed by atoms with Crippen molar-refractivity contribution in [3.63, 3.8) is 0 Å². The second-order valence-corrected chi connectivity index (χ2v) is 7.70. The molecule has 0 saturated heterocycles. The molecule has 1 aromatic heterocycles. The van der Waals surface area contributed by atoms with Crippen LogP contribution in [-0.2, 0) is 12.7 Å². The number of alkyl halides is 3. The maximum absolute atomic E-state index is 13.4. The lowest BCUT2D eigenvalue weighted by Gasteiger charge is -2.24. The van der Waals surface area contributed by atoms with E-state index in [1.807, 2.05) is 19.0 Å². The minimum atomic E-state index is -4.51. The first-order valence-corrected chi connectivity index (χ1v) is 10.1. The van der Waals surface area contributed by atoms with Crippen LogP contribution in [0.5, 0.6) is 5.75 Å². The molecular formula is C23H24F4N4O2. The summed E-state index contributed by atoms with van der Waals surface area (Å²) in [7, 11) is 5.08. The molecule has 0 spiro atoms. The largest absolute Gasteiger partial charge is 0.493 e. The average Bonchev–Trinajstić information content (AvgIpc) is 3.21. The van der Waals surface area contributed by atoms with Crippen LogP contribution in [0.2, 0.25) is 0 Å². The fourth-order valence-corrected chi connectivity index (χ4v) is 3.15. The summed E-state index contributed by atoms with van der Waals surface area (Å²) in [5.74, 6) is -0.707. The summed E-state index contributed by atoms with van der Waals surface area (Å²) in [5, 5.41) is 4.24. The van der Waals surface area contributed by atoms with Crippen molar-refractivity contribution in [2.24, 2.45) is 0 Å². The molecule has 6 nitrogen and oxygen atoms in total. The topological polar surface area (TPSA) is 50.6 Å². The first kappa shape index (κ1) is 24.2. The number of rotatable bonds is 8. The van der Waals surface area contributed by atoms with Crippen molar-refractivity contribution >= 4 is 5.91 Å². The number of methoxy groups -OCH3 is 1. The summed E-state index contributed by atoms with van der Waals surface area (Å²) >= 11 is 0. The van der Waals surface area contributed by atoms with Crippen LogP contribution in [-0.4, -0.2) is 59.8 Å². The number of benzene rings is 2. The van der Waals surface area contributed by atoms with E-state index >= 15 is 0 Å². The molecule has 2 aromatic carbocycles. The number of carbonyl (C=O) groups is 1. The quantitative estimate of drug-likeness (QED) is 0.468. The number of halogens is 4. The molecule has 0 saturated carbocycles. The Morgan fingerprint density at radius 1 is 1.09 bits per heavy atom. The van der Waals surface area contributed by atoms with E-state index in [2.05, 4.69) is 5.10 Å². The molecular weight excluding hydrogens is 440 g/mol. The molecule has 3 aromatic rings. The highest BCUT2D eigenvalue weighted by Crippen LogP contribution is 2.31. The zero-order valence-corrected chi connectivity index (χ0v) is 18.4. The van der Waals surface area contributed by atoms with Crippen molar-refractivity contribution in [2.75, 3.05) is 34.3 Å². The van der Waals surface area contributed by atoms with Crippen LogP contribution in [0, 0.1) is 5.82 Å². The highest BCUT2D eigenvalue weighted by atomic mass is 19.4. The SMILES string of the molecule is COc1cn(-c2cccc(C(F)(F)F)c2)nc1C(=O)N(CCN(C)C)Cc1ccc(F)cc1. The second-order valence-electron chi connectivity index (χ2n) is 7.70. The van der Waals surface area contributed by atoms with Gasteiger partial charge in [0.25, 0.3) is 5.91 Å². The zero-order chi connectivity index (χ0) is 24.2. The Kier molecular flexibility index (Phi) is 7.37. The number of aromatic nitrogens is 2. The van der Waals surface area contributed by atoms with E-state index in [1.165, 1.54) is 47.2 Å². The Labute approximate surface area is 189 Å². The zero-order valence-electron chi connectivity index (χ0n) is 18.4. The molecule has 0 aliphatic carbocycles. The van der Waals surface area contributed by atoms with Crippen LogP contribution in [0.25, 0.3) is 5.69 Å². The molecule has 0 N–H and O–H groups in total. The van der Waals surface area contributed by atoms with Gasteiger partial charge in [0.05, 0.1) is 24.6 Å². The van der Waals surface area contributed by atoms with E-state index in [1.54, 1.807) is 12.1 Å². The van der Waals surface area contributed by atoms with E-state index in [0.29, 0.717) is 13.1 Å². The van der Waals surface area contributed by atoms with Gasteiger partial charge < -0.3 is 14.5 Å². The molecule has 176 valence electrons. The number of amides is 1. The number of nitrogens with zero attached hydrogens (tertiary/aromatic N) is 4. The van der Waals surface area contributed by atoms with E-state index in [-0.39, 0.29) is 29.5 Å². The van der Waals surface area contributed by atoms with Crippen molar-refractivity contribution < 1.29 is 27.1 Å². The van der Waals surface area contributed by atoms with Crippen LogP contribution in [0.15, 0.2) is 54.7 Å². The molecule has 10 heteroatoms. The van der Waals surface area contributed by atoms with E-state index in [4.69, 9.17) is 4.74 Å². The van der Waals surface area contributed by atoms with Gasteiger partial charge in [-0.3, -0.25) is 4.79 Å². The first-order chi connectivity index (χ1) is 15.6. The molecule has 1 amide bonds.